The topological polar surface area (TPSA) is 82.6 Å². The molecule has 5 rings (SSSR count). The molecule has 1 amide bonds. The highest BCUT2D eigenvalue weighted by atomic mass is 35.5. The van der Waals surface area contributed by atoms with Gasteiger partial charge in [0.15, 0.2) is 5.13 Å². The maximum Gasteiger partial charge on any atom is 0.263 e. The Morgan fingerprint density at radius 3 is 2.71 bits per heavy atom. The maximum atomic E-state index is 13.2. The van der Waals surface area contributed by atoms with Crippen LogP contribution >= 0.6 is 22.9 Å². The minimum absolute atomic E-state index is 0. The highest BCUT2D eigenvalue weighted by Crippen LogP contribution is 2.39. The lowest BCUT2D eigenvalue weighted by Gasteiger charge is -2.27. The van der Waals surface area contributed by atoms with E-state index < -0.39 is 10.0 Å². The van der Waals surface area contributed by atoms with Crippen LogP contribution in [0.4, 0.5) is 16.5 Å². The molecule has 7 nitrogen and oxygen atoms in total. The van der Waals surface area contributed by atoms with E-state index in [9.17, 15) is 13.2 Å². The van der Waals surface area contributed by atoms with E-state index in [1.807, 2.05) is 12.1 Å². The highest BCUT2D eigenvalue weighted by Gasteiger charge is 2.39. The fraction of sp³-hybridized carbons (Fsp3) is 0.238. The van der Waals surface area contributed by atoms with Gasteiger partial charge in [0.1, 0.15) is 6.04 Å². The number of amides is 1. The predicted octanol–water partition coefficient (Wildman–Crippen LogP) is 4.26. The first-order chi connectivity index (χ1) is 14.9. The molecular formula is C21H23ClN4O3S2. The summed E-state index contributed by atoms with van der Waals surface area (Å²) in [4.78, 5) is 21.1. The smallest absolute Gasteiger partial charge is 0.263 e. The van der Waals surface area contributed by atoms with Crippen molar-refractivity contribution in [1.82, 2.24) is 4.98 Å². The Hall–Kier alpha value is -2.62. The highest BCUT2D eigenvalue weighted by molar-refractivity contribution is 7.93. The molecule has 0 saturated carbocycles. The second-order valence-electron chi connectivity index (χ2n) is 7.42. The third kappa shape index (κ3) is 3.66. The molecule has 1 saturated heterocycles. The monoisotopic (exact) mass is 478 g/mol. The van der Waals surface area contributed by atoms with Crippen LogP contribution in [0.3, 0.4) is 0 Å². The SMILES string of the molecule is O=C1[C@@H](N2CCc3cccc(Cl)c32)CCN1c1ccc(S(=O)(=O)Nc2nccs2)cc1.[HH].[HH]. The number of anilines is 3. The van der Waals surface area contributed by atoms with Gasteiger partial charge in [0.2, 0.25) is 5.91 Å². The van der Waals surface area contributed by atoms with Gasteiger partial charge < -0.3 is 9.80 Å². The Labute approximate surface area is 192 Å². The zero-order valence-corrected chi connectivity index (χ0v) is 18.8. The number of rotatable bonds is 5. The number of hydrogen-bond donors (Lipinski definition) is 1. The first kappa shape index (κ1) is 20.3. The summed E-state index contributed by atoms with van der Waals surface area (Å²) in [5, 5.41) is 2.68. The summed E-state index contributed by atoms with van der Waals surface area (Å²) in [6.45, 7) is 1.34. The zero-order valence-electron chi connectivity index (χ0n) is 16.4. The first-order valence-electron chi connectivity index (χ1n) is 9.82. The molecule has 3 heterocycles. The minimum atomic E-state index is -3.73. The Kier molecular flexibility index (Phi) is 5.11. The Bertz CT molecular complexity index is 1240. The van der Waals surface area contributed by atoms with E-state index in [1.54, 1.807) is 22.4 Å². The molecule has 2 aromatic carbocycles. The van der Waals surface area contributed by atoms with Crippen molar-refractivity contribution in [3.05, 3.63) is 64.6 Å². The van der Waals surface area contributed by atoms with Gasteiger partial charge in [-0.2, -0.15) is 0 Å². The summed E-state index contributed by atoms with van der Waals surface area (Å²) in [7, 11) is -3.73. The lowest BCUT2D eigenvalue weighted by atomic mass is 10.1. The maximum absolute atomic E-state index is 13.2. The number of nitrogens with one attached hydrogen (secondary N) is 1. The van der Waals surface area contributed by atoms with E-state index in [0.717, 1.165) is 18.7 Å². The molecule has 1 aromatic heterocycles. The summed E-state index contributed by atoms with van der Waals surface area (Å²) in [5.74, 6) is 0.00397. The number of fused-ring (bicyclic) bond motifs is 1. The van der Waals surface area contributed by atoms with Crippen LogP contribution in [-0.2, 0) is 21.2 Å². The lowest BCUT2D eigenvalue weighted by molar-refractivity contribution is -0.118. The quantitative estimate of drug-likeness (QED) is 0.592. The summed E-state index contributed by atoms with van der Waals surface area (Å²) in [6.07, 6.45) is 3.10. The number of hydrogen-bond acceptors (Lipinski definition) is 6. The van der Waals surface area contributed by atoms with Gasteiger partial charge in [0, 0.05) is 33.2 Å². The summed E-state index contributed by atoms with van der Waals surface area (Å²) in [6, 6.07) is 11.9. The Balaban J connectivity index is 0.00000153. The molecule has 164 valence electrons. The van der Waals surface area contributed by atoms with Crippen LogP contribution < -0.4 is 14.5 Å². The van der Waals surface area contributed by atoms with E-state index in [1.165, 1.54) is 35.2 Å². The predicted molar refractivity (Wildman–Crippen MR) is 127 cm³/mol. The number of sulfonamides is 1. The normalized spacial score (nSPS) is 18.5. The van der Waals surface area contributed by atoms with Crippen molar-refractivity contribution in [1.29, 1.82) is 0 Å². The van der Waals surface area contributed by atoms with Crippen molar-refractivity contribution >= 4 is 55.4 Å². The average molecular weight is 479 g/mol. The van der Waals surface area contributed by atoms with Gasteiger partial charge in [0.05, 0.1) is 15.6 Å². The summed E-state index contributed by atoms with van der Waals surface area (Å²) in [5.41, 5.74) is 2.80. The third-order valence-electron chi connectivity index (χ3n) is 5.65. The molecule has 0 bridgehead atoms. The van der Waals surface area contributed by atoms with Gasteiger partial charge in [-0.3, -0.25) is 9.52 Å². The number of thiazole rings is 1. The van der Waals surface area contributed by atoms with Gasteiger partial charge in [-0.25, -0.2) is 13.4 Å². The molecule has 0 unspecified atom stereocenters. The van der Waals surface area contributed by atoms with Gasteiger partial charge in [-0.15, -0.1) is 11.3 Å². The standard InChI is InChI=1S/C21H19ClN4O3S2.2H2/c22-17-3-1-2-14-8-11-26(19(14)17)18-9-12-25(20(18)27)15-4-6-16(7-5-15)31(28,29)24-21-23-10-13-30-21;;/h1-7,10,13,18H,8-9,11-12H2,(H,23,24);2*1H/t18-;;/m0../s1. The molecule has 2 aliphatic rings. The van der Waals surface area contributed by atoms with Crippen LogP contribution in [-0.4, -0.2) is 38.4 Å². The summed E-state index contributed by atoms with van der Waals surface area (Å²) < 4.78 is 27.5. The number of carbonyl (C=O) groups is 1. The van der Waals surface area contributed by atoms with Crippen molar-refractivity contribution < 1.29 is 16.1 Å². The molecule has 0 radical (unpaired) electrons. The second kappa shape index (κ2) is 7.81. The van der Waals surface area contributed by atoms with Crippen LogP contribution in [0.1, 0.15) is 14.8 Å². The number of aromatic nitrogens is 1. The largest absolute Gasteiger partial charge is 0.358 e. The average Bonchev–Trinajstić information content (AvgIpc) is 3.48. The number of carbonyl (C=O) groups excluding carboxylic acids is 1. The molecule has 1 N–H and O–H groups in total. The van der Waals surface area contributed by atoms with Crippen molar-refractivity contribution in [2.75, 3.05) is 27.6 Å². The Morgan fingerprint density at radius 2 is 1.97 bits per heavy atom. The number of para-hydroxylation sites is 1. The summed E-state index contributed by atoms with van der Waals surface area (Å²) >= 11 is 7.63. The van der Waals surface area contributed by atoms with E-state index >= 15 is 0 Å². The van der Waals surface area contributed by atoms with Crippen molar-refractivity contribution in [2.24, 2.45) is 0 Å². The van der Waals surface area contributed by atoms with Crippen LogP contribution in [0.15, 0.2) is 58.9 Å². The van der Waals surface area contributed by atoms with Crippen LogP contribution in [0, 0.1) is 0 Å². The van der Waals surface area contributed by atoms with E-state index in [0.29, 0.717) is 28.8 Å². The molecular weight excluding hydrogens is 456 g/mol. The lowest BCUT2D eigenvalue weighted by Crippen LogP contribution is -2.41. The van der Waals surface area contributed by atoms with Crippen molar-refractivity contribution in [3.63, 3.8) is 0 Å². The van der Waals surface area contributed by atoms with Gasteiger partial charge in [-0.1, -0.05) is 23.7 Å². The number of benzene rings is 2. The molecule has 1 fully saturated rings. The molecule has 0 spiro atoms. The zero-order chi connectivity index (χ0) is 21.6. The number of halogens is 1. The molecule has 31 heavy (non-hydrogen) atoms. The molecule has 0 aliphatic carbocycles. The minimum Gasteiger partial charge on any atom is -0.358 e. The van der Waals surface area contributed by atoms with Crippen LogP contribution in [0.5, 0.6) is 0 Å². The second-order valence-corrected chi connectivity index (χ2v) is 10.4. The molecule has 10 heteroatoms. The number of nitrogens with zero attached hydrogens (tertiary/aromatic N) is 3. The molecule has 3 aromatic rings. The van der Waals surface area contributed by atoms with Crippen molar-refractivity contribution in [2.45, 2.75) is 23.8 Å². The van der Waals surface area contributed by atoms with Gasteiger partial charge in [-0.05, 0) is 48.7 Å². The third-order valence-corrected chi connectivity index (χ3v) is 8.12. The fourth-order valence-electron chi connectivity index (χ4n) is 4.21. The van der Waals surface area contributed by atoms with Crippen LogP contribution in [0.2, 0.25) is 5.02 Å². The van der Waals surface area contributed by atoms with Crippen molar-refractivity contribution in [3.8, 4) is 0 Å². The van der Waals surface area contributed by atoms with E-state index in [-0.39, 0.29) is 19.7 Å². The molecule has 1 atom stereocenters. The van der Waals surface area contributed by atoms with Gasteiger partial charge >= 0.3 is 0 Å². The first-order valence-corrected chi connectivity index (χ1v) is 12.6. The Morgan fingerprint density at radius 1 is 1.16 bits per heavy atom. The fourth-order valence-corrected chi connectivity index (χ4v) is 6.30. The van der Waals surface area contributed by atoms with Crippen LogP contribution in [0.25, 0.3) is 0 Å². The van der Waals surface area contributed by atoms with E-state index in [4.69, 9.17) is 11.6 Å². The molecule has 2 aliphatic heterocycles. The van der Waals surface area contributed by atoms with E-state index in [2.05, 4.69) is 20.7 Å². The van der Waals surface area contributed by atoms with Gasteiger partial charge in [0.25, 0.3) is 10.0 Å².